The second-order valence-electron chi connectivity index (χ2n) is 6.69. The molecule has 0 saturated carbocycles. The van der Waals surface area contributed by atoms with Gasteiger partial charge in [0.05, 0.1) is 6.26 Å². The Morgan fingerprint density at radius 1 is 0.871 bits per heavy atom. The summed E-state index contributed by atoms with van der Waals surface area (Å²) in [5, 5.41) is 8.31. The maximum Gasteiger partial charge on any atom is 0.573 e. The van der Waals surface area contributed by atoms with Gasteiger partial charge < -0.3 is 4.74 Å². The zero-order valence-corrected chi connectivity index (χ0v) is 16.8. The lowest BCUT2D eigenvalue weighted by atomic mass is 10.1. The van der Waals surface area contributed by atoms with Crippen molar-refractivity contribution in [3.63, 3.8) is 0 Å². The predicted octanol–water partition coefficient (Wildman–Crippen LogP) is 4.33. The molecule has 0 bridgehead atoms. The summed E-state index contributed by atoms with van der Waals surface area (Å²) in [6, 6.07) is 15.7. The van der Waals surface area contributed by atoms with E-state index in [4.69, 9.17) is 0 Å². The summed E-state index contributed by atoms with van der Waals surface area (Å²) in [6.07, 6.45) is -1.91. The first kappa shape index (κ1) is 20.7. The lowest BCUT2D eigenvalue weighted by molar-refractivity contribution is -0.274. The smallest absolute Gasteiger partial charge is 0.406 e. The maximum absolute atomic E-state index is 12.3. The molecule has 0 atom stereocenters. The summed E-state index contributed by atoms with van der Waals surface area (Å²) in [6.45, 7) is 0. The Morgan fingerprint density at radius 3 is 2.10 bits per heavy atom. The highest BCUT2D eigenvalue weighted by Gasteiger charge is 2.30. The molecule has 2 heterocycles. The number of pyridine rings is 1. The average Bonchev–Trinajstić information content (AvgIpc) is 3.10. The van der Waals surface area contributed by atoms with Gasteiger partial charge in [-0.25, -0.2) is 8.42 Å². The van der Waals surface area contributed by atoms with Crippen LogP contribution in [0.25, 0.3) is 28.2 Å². The monoisotopic (exact) mass is 448 g/mol. The molecule has 0 unspecified atom stereocenters. The molecule has 4 aromatic rings. The number of anilines is 1. The van der Waals surface area contributed by atoms with Crippen LogP contribution in [0.15, 0.2) is 66.9 Å². The highest BCUT2D eigenvalue weighted by Crippen LogP contribution is 2.28. The maximum atomic E-state index is 12.3. The van der Waals surface area contributed by atoms with Crippen LogP contribution in [0, 0.1) is 0 Å². The topological polar surface area (TPSA) is 85.6 Å². The van der Waals surface area contributed by atoms with Gasteiger partial charge >= 0.3 is 6.36 Å². The van der Waals surface area contributed by atoms with Crippen LogP contribution in [0.3, 0.4) is 0 Å². The molecule has 0 saturated heterocycles. The van der Waals surface area contributed by atoms with Crippen LogP contribution in [0.5, 0.6) is 5.75 Å². The van der Waals surface area contributed by atoms with Gasteiger partial charge in [0.15, 0.2) is 11.5 Å². The zero-order valence-electron chi connectivity index (χ0n) is 16.0. The van der Waals surface area contributed by atoms with Crippen molar-refractivity contribution >= 4 is 21.4 Å². The van der Waals surface area contributed by atoms with Crippen LogP contribution in [0.4, 0.5) is 18.9 Å². The molecule has 160 valence electrons. The molecule has 0 aliphatic rings. The van der Waals surface area contributed by atoms with Crippen LogP contribution in [-0.4, -0.2) is 35.6 Å². The minimum atomic E-state index is -4.75. The molecule has 0 fully saturated rings. The third-order valence-corrected chi connectivity index (χ3v) is 4.88. The fraction of sp³-hybridized carbons (Fsp3) is 0.100. The molecule has 0 amide bonds. The van der Waals surface area contributed by atoms with Crippen molar-refractivity contribution in [1.82, 2.24) is 14.6 Å². The Labute approximate surface area is 175 Å². The van der Waals surface area contributed by atoms with E-state index in [0.29, 0.717) is 28.3 Å². The molecule has 31 heavy (non-hydrogen) atoms. The molecule has 11 heteroatoms. The van der Waals surface area contributed by atoms with E-state index in [-0.39, 0.29) is 5.75 Å². The predicted molar refractivity (Wildman–Crippen MR) is 109 cm³/mol. The van der Waals surface area contributed by atoms with E-state index in [1.165, 1.54) is 24.3 Å². The van der Waals surface area contributed by atoms with Gasteiger partial charge in [-0.1, -0.05) is 12.1 Å². The number of hydrogen-bond donors (Lipinski definition) is 1. The van der Waals surface area contributed by atoms with E-state index in [9.17, 15) is 21.6 Å². The Bertz CT molecular complexity index is 1330. The molecular weight excluding hydrogens is 433 g/mol. The molecule has 0 radical (unpaired) electrons. The molecule has 7 nitrogen and oxygen atoms in total. The Kier molecular flexibility index (Phi) is 5.05. The number of sulfonamides is 1. The molecule has 2 aromatic carbocycles. The fourth-order valence-corrected chi connectivity index (χ4v) is 3.57. The van der Waals surface area contributed by atoms with Crippen molar-refractivity contribution in [2.75, 3.05) is 11.0 Å². The number of fused-ring (bicyclic) bond motifs is 1. The lowest BCUT2D eigenvalue weighted by Gasteiger charge is -2.10. The van der Waals surface area contributed by atoms with Crippen molar-refractivity contribution in [2.24, 2.45) is 0 Å². The van der Waals surface area contributed by atoms with Crippen molar-refractivity contribution in [1.29, 1.82) is 0 Å². The minimum Gasteiger partial charge on any atom is -0.406 e. The molecule has 0 aliphatic heterocycles. The molecule has 1 N–H and O–H groups in total. The fourth-order valence-electron chi connectivity index (χ4n) is 3.01. The summed E-state index contributed by atoms with van der Waals surface area (Å²) >= 11 is 0. The van der Waals surface area contributed by atoms with E-state index in [1.54, 1.807) is 47.0 Å². The Balaban J connectivity index is 1.65. The van der Waals surface area contributed by atoms with E-state index in [2.05, 4.69) is 19.7 Å². The second-order valence-corrected chi connectivity index (χ2v) is 8.44. The summed E-state index contributed by atoms with van der Waals surface area (Å²) in [4.78, 5) is 0. The third-order valence-electron chi connectivity index (χ3n) is 4.27. The van der Waals surface area contributed by atoms with Crippen molar-refractivity contribution in [3.05, 3.63) is 66.9 Å². The van der Waals surface area contributed by atoms with Gasteiger partial charge in [-0.15, -0.1) is 23.4 Å². The van der Waals surface area contributed by atoms with E-state index in [0.717, 1.165) is 11.8 Å². The zero-order chi connectivity index (χ0) is 22.2. The number of nitrogens with one attached hydrogen (secondary N) is 1. The van der Waals surface area contributed by atoms with Crippen LogP contribution in [0.1, 0.15) is 0 Å². The summed E-state index contributed by atoms with van der Waals surface area (Å²) < 4.78 is 67.8. The molecule has 2 aromatic heterocycles. The number of benzene rings is 2. The highest BCUT2D eigenvalue weighted by molar-refractivity contribution is 7.92. The van der Waals surface area contributed by atoms with Gasteiger partial charge in [0, 0.05) is 17.4 Å². The summed E-state index contributed by atoms with van der Waals surface area (Å²) in [5.41, 5.74) is 3.12. The summed E-state index contributed by atoms with van der Waals surface area (Å²) in [7, 11) is -3.38. The standard InChI is InChI=1S/C20H15F3N4O3S/c1-31(28,29)26-16-7-2-14(3-8-16)19-25-24-18-11-6-15(12-27(18)19)13-4-9-17(10-5-13)30-20(21,22)23/h2-12,26H,1H3. The highest BCUT2D eigenvalue weighted by atomic mass is 32.2. The van der Waals surface area contributed by atoms with Crippen molar-refractivity contribution in [3.8, 4) is 28.3 Å². The van der Waals surface area contributed by atoms with Crippen LogP contribution >= 0.6 is 0 Å². The first-order valence-corrected chi connectivity index (χ1v) is 10.8. The number of nitrogens with zero attached hydrogens (tertiary/aromatic N) is 3. The Hall–Kier alpha value is -3.60. The van der Waals surface area contributed by atoms with Crippen molar-refractivity contribution < 1.29 is 26.3 Å². The molecule has 0 aliphatic carbocycles. The normalized spacial score (nSPS) is 12.1. The number of alkyl halides is 3. The van der Waals surface area contributed by atoms with E-state index in [1.807, 2.05) is 0 Å². The van der Waals surface area contributed by atoms with E-state index < -0.39 is 16.4 Å². The minimum absolute atomic E-state index is 0.301. The van der Waals surface area contributed by atoms with Gasteiger partial charge in [0.2, 0.25) is 10.0 Å². The van der Waals surface area contributed by atoms with Crippen LogP contribution in [-0.2, 0) is 10.0 Å². The second kappa shape index (κ2) is 7.58. The number of hydrogen-bond acceptors (Lipinski definition) is 5. The van der Waals surface area contributed by atoms with Crippen LogP contribution in [0.2, 0.25) is 0 Å². The SMILES string of the molecule is CS(=O)(=O)Nc1ccc(-c2nnc3ccc(-c4ccc(OC(F)(F)F)cc4)cn23)cc1. The Morgan fingerprint density at radius 2 is 1.48 bits per heavy atom. The molecule has 0 spiro atoms. The quantitative estimate of drug-likeness (QED) is 0.491. The molecule has 4 rings (SSSR count). The average molecular weight is 448 g/mol. The number of halogens is 3. The first-order chi connectivity index (χ1) is 14.6. The number of rotatable bonds is 5. The van der Waals surface area contributed by atoms with Crippen molar-refractivity contribution in [2.45, 2.75) is 6.36 Å². The van der Waals surface area contributed by atoms with Gasteiger partial charge in [-0.05, 0) is 59.7 Å². The summed E-state index contributed by atoms with van der Waals surface area (Å²) in [5.74, 6) is 0.227. The van der Waals surface area contributed by atoms with Gasteiger partial charge in [0.1, 0.15) is 5.75 Å². The first-order valence-electron chi connectivity index (χ1n) is 8.87. The van der Waals surface area contributed by atoms with Gasteiger partial charge in [0.25, 0.3) is 0 Å². The van der Waals surface area contributed by atoms with Crippen LogP contribution < -0.4 is 9.46 Å². The van der Waals surface area contributed by atoms with Gasteiger partial charge in [-0.2, -0.15) is 0 Å². The lowest BCUT2D eigenvalue weighted by Crippen LogP contribution is -2.16. The molecular formula is C20H15F3N4O3S. The van der Waals surface area contributed by atoms with Gasteiger partial charge in [-0.3, -0.25) is 9.12 Å². The number of aromatic nitrogens is 3. The largest absolute Gasteiger partial charge is 0.573 e. The van der Waals surface area contributed by atoms with E-state index >= 15 is 0 Å². The third kappa shape index (κ3) is 4.94. The number of ether oxygens (including phenoxy) is 1.